The smallest absolute Gasteiger partial charge is 0.407 e. The highest BCUT2D eigenvalue weighted by Gasteiger charge is 2.15. The fourth-order valence-corrected chi connectivity index (χ4v) is 1.82. The molecule has 1 heterocycles. The third kappa shape index (κ3) is 4.70. The molecule has 0 atom stereocenters. The van der Waals surface area contributed by atoms with Crippen molar-refractivity contribution in [3.8, 4) is 11.8 Å². The summed E-state index contributed by atoms with van der Waals surface area (Å²) in [6, 6.07) is 5.44. The third-order valence-electron chi connectivity index (χ3n) is 2.67. The monoisotopic (exact) mass is 301 g/mol. The maximum Gasteiger partial charge on any atom is 0.407 e. The van der Waals surface area contributed by atoms with Crippen molar-refractivity contribution in [2.45, 2.75) is 32.8 Å². The van der Waals surface area contributed by atoms with Gasteiger partial charge in [0.2, 0.25) is 0 Å². The molecule has 0 aliphatic heterocycles. The topological polar surface area (TPSA) is 87.0 Å². The maximum absolute atomic E-state index is 11.4. The molecular formula is C16H19N3O3. The summed E-state index contributed by atoms with van der Waals surface area (Å²) in [5, 5.41) is 2.64. The predicted molar refractivity (Wildman–Crippen MR) is 84.7 cm³/mol. The third-order valence-corrected chi connectivity index (χ3v) is 2.67. The highest BCUT2D eigenvalue weighted by atomic mass is 16.6. The lowest BCUT2D eigenvalue weighted by atomic mass is 10.2. The van der Waals surface area contributed by atoms with Crippen LogP contribution >= 0.6 is 0 Å². The lowest BCUT2D eigenvalue weighted by molar-refractivity contribution is 0.0529. The normalized spacial score (nSPS) is 10.9. The first-order valence-electron chi connectivity index (χ1n) is 7.01. The fourth-order valence-electron chi connectivity index (χ4n) is 1.82. The van der Waals surface area contributed by atoms with Crippen molar-refractivity contribution in [1.29, 1.82) is 0 Å². The van der Waals surface area contributed by atoms with Crippen LogP contribution in [0.25, 0.3) is 11.0 Å². The van der Waals surface area contributed by atoms with Gasteiger partial charge in [0, 0.05) is 18.5 Å². The van der Waals surface area contributed by atoms with E-state index in [0.717, 1.165) is 16.6 Å². The molecule has 6 heteroatoms. The zero-order valence-corrected chi connectivity index (χ0v) is 12.9. The molecule has 0 unspecified atom stereocenters. The molecule has 116 valence electrons. The number of benzene rings is 1. The van der Waals surface area contributed by atoms with Crippen LogP contribution < -0.4 is 11.0 Å². The Kier molecular flexibility index (Phi) is 4.56. The second-order valence-corrected chi connectivity index (χ2v) is 5.82. The molecular weight excluding hydrogens is 282 g/mol. The largest absolute Gasteiger partial charge is 0.444 e. The molecule has 0 spiro atoms. The molecule has 2 rings (SSSR count). The summed E-state index contributed by atoms with van der Waals surface area (Å²) in [5.74, 6) is 5.96. The molecule has 0 aliphatic rings. The van der Waals surface area contributed by atoms with Crippen LogP contribution in [0, 0.1) is 11.8 Å². The van der Waals surface area contributed by atoms with Crippen molar-refractivity contribution in [2.75, 3.05) is 6.54 Å². The van der Waals surface area contributed by atoms with E-state index in [9.17, 15) is 9.59 Å². The number of carbonyl (C=O) groups is 1. The van der Waals surface area contributed by atoms with Gasteiger partial charge in [-0.1, -0.05) is 11.8 Å². The molecule has 0 bridgehead atoms. The summed E-state index contributed by atoms with van der Waals surface area (Å²) >= 11 is 0. The summed E-state index contributed by atoms with van der Waals surface area (Å²) in [7, 11) is 0. The van der Waals surface area contributed by atoms with E-state index in [4.69, 9.17) is 4.74 Å². The van der Waals surface area contributed by atoms with Crippen LogP contribution in [0.4, 0.5) is 4.79 Å². The summed E-state index contributed by atoms with van der Waals surface area (Å²) in [4.78, 5) is 27.9. The second kappa shape index (κ2) is 6.39. The Morgan fingerprint density at radius 2 is 2.00 bits per heavy atom. The van der Waals surface area contributed by atoms with Crippen LogP contribution in [0.1, 0.15) is 32.8 Å². The SMILES string of the molecule is CC(C)(C)OC(=O)NCCC#Cc1ccc2[nH]c(=O)[nH]c2c1. The average molecular weight is 301 g/mol. The number of amides is 1. The van der Waals surface area contributed by atoms with E-state index in [1.807, 2.05) is 32.9 Å². The van der Waals surface area contributed by atoms with E-state index in [2.05, 4.69) is 27.1 Å². The van der Waals surface area contributed by atoms with Gasteiger partial charge in [-0.05, 0) is 39.0 Å². The first-order valence-corrected chi connectivity index (χ1v) is 7.01. The van der Waals surface area contributed by atoms with Crippen molar-refractivity contribution >= 4 is 17.1 Å². The Morgan fingerprint density at radius 3 is 2.73 bits per heavy atom. The first kappa shape index (κ1) is 15.7. The number of ether oxygens (including phenoxy) is 1. The molecule has 0 aliphatic carbocycles. The van der Waals surface area contributed by atoms with Crippen LogP contribution in [-0.4, -0.2) is 28.2 Å². The van der Waals surface area contributed by atoms with Gasteiger partial charge in [0.25, 0.3) is 0 Å². The van der Waals surface area contributed by atoms with Crippen LogP contribution in [0.15, 0.2) is 23.0 Å². The summed E-state index contributed by atoms with van der Waals surface area (Å²) in [5.41, 5.74) is 1.55. The average Bonchev–Trinajstić information content (AvgIpc) is 2.75. The zero-order valence-electron chi connectivity index (χ0n) is 12.9. The summed E-state index contributed by atoms with van der Waals surface area (Å²) in [6.07, 6.45) is 0.0709. The molecule has 22 heavy (non-hydrogen) atoms. The fraction of sp³-hybridized carbons (Fsp3) is 0.375. The van der Waals surface area contributed by atoms with Crippen LogP contribution in [0.3, 0.4) is 0 Å². The highest BCUT2D eigenvalue weighted by molar-refractivity contribution is 5.76. The van der Waals surface area contributed by atoms with Crippen molar-refractivity contribution in [2.24, 2.45) is 0 Å². The molecule has 0 saturated carbocycles. The maximum atomic E-state index is 11.4. The van der Waals surface area contributed by atoms with Crippen molar-refractivity contribution in [1.82, 2.24) is 15.3 Å². The number of hydrogen-bond donors (Lipinski definition) is 3. The Balaban J connectivity index is 1.85. The molecule has 2 aromatic rings. The van der Waals surface area contributed by atoms with Gasteiger partial charge in [0.05, 0.1) is 11.0 Å². The number of alkyl carbamates (subject to hydrolysis) is 1. The Labute approximate surface area is 128 Å². The lowest BCUT2D eigenvalue weighted by Crippen LogP contribution is -2.32. The van der Waals surface area contributed by atoms with E-state index < -0.39 is 11.7 Å². The number of imidazole rings is 1. The minimum absolute atomic E-state index is 0.235. The van der Waals surface area contributed by atoms with Crippen molar-refractivity contribution in [3.63, 3.8) is 0 Å². The molecule has 0 radical (unpaired) electrons. The molecule has 6 nitrogen and oxygen atoms in total. The second-order valence-electron chi connectivity index (χ2n) is 5.82. The predicted octanol–water partition coefficient (Wildman–Crippen LogP) is 2.12. The van der Waals surface area contributed by atoms with Crippen LogP contribution in [-0.2, 0) is 4.74 Å². The lowest BCUT2D eigenvalue weighted by Gasteiger charge is -2.19. The van der Waals surface area contributed by atoms with Gasteiger partial charge in [0.1, 0.15) is 5.60 Å². The minimum atomic E-state index is -0.501. The number of rotatable bonds is 2. The van der Waals surface area contributed by atoms with Gasteiger partial charge >= 0.3 is 11.8 Å². The van der Waals surface area contributed by atoms with Gasteiger partial charge < -0.3 is 20.0 Å². The van der Waals surface area contributed by atoms with Crippen molar-refractivity contribution < 1.29 is 9.53 Å². The van der Waals surface area contributed by atoms with E-state index >= 15 is 0 Å². The van der Waals surface area contributed by atoms with Crippen molar-refractivity contribution in [3.05, 3.63) is 34.2 Å². The molecule has 0 fully saturated rings. The van der Waals surface area contributed by atoms with Gasteiger partial charge in [-0.15, -0.1) is 0 Å². The minimum Gasteiger partial charge on any atom is -0.444 e. The number of fused-ring (bicyclic) bond motifs is 1. The Bertz CT molecular complexity index is 785. The number of aromatic amines is 2. The number of aromatic nitrogens is 2. The zero-order chi connectivity index (χ0) is 16.2. The van der Waals surface area contributed by atoms with Crippen LogP contribution in [0.5, 0.6) is 0 Å². The molecule has 1 amide bonds. The molecule has 3 N–H and O–H groups in total. The first-order chi connectivity index (χ1) is 10.3. The molecule has 0 saturated heterocycles. The number of carbonyl (C=O) groups excluding carboxylic acids is 1. The summed E-state index contributed by atoms with van der Waals surface area (Å²) < 4.78 is 5.12. The van der Waals surface area contributed by atoms with Gasteiger partial charge in [-0.3, -0.25) is 0 Å². The van der Waals surface area contributed by atoms with Gasteiger partial charge in [-0.25, -0.2) is 9.59 Å². The molecule has 1 aromatic heterocycles. The van der Waals surface area contributed by atoms with Gasteiger partial charge in [-0.2, -0.15) is 0 Å². The number of H-pyrrole nitrogens is 2. The van der Waals surface area contributed by atoms with E-state index in [0.29, 0.717) is 13.0 Å². The number of hydrogen-bond acceptors (Lipinski definition) is 3. The number of nitrogens with one attached hydrogen (secondary N) is 3. The van der Waals surface area contributed by atoms with E-state index in [1.54, 1.807) is 6.07 Å². The Morgan fingerprint density at radius 1 is 1.27 bits per heavy atom. The Hall–Kier alpha value is -2.68. The standard InChI is InChI=1S/C16H19N3O3/c1-16(2,3)22-15(21)17-9-5-4-6-11-7-8-12-13(10-11)19-14(20)18-12/h7-8,10H,5,9H2,1-3H3,(H,17,21)(H2,18,19,20). The highest BCUT2D eigenvalue weighted by Crippen LogP contribution is 2.09. The van der Waals surface area contributed by atoms with E-state index in [1.165, 1.54) is 0 Å². The summed E-state index contributed by atoms with van der Waals surface area (Å²) in [6.45, 7) is 5.86. The van der Waals surface area contributed by atoms with Crippen LogP contribution in [0.2, 0.25) is 0 Å². The quantitative estimate of drug-likeness (QED) is 0.586. The van der Waals surface area contributed by atoms with Gasteiger partial charge in [0.15, 0.2) is 0 Å². The van der Waals surface area contributed by atoms with E-state index in [-0.39, 0.29) is 5.69 Å². The molecule has 1 aromatic carbocycles.